The maximum atomic E-state index is 2.35. The Balaban J connectivity index is 2.25. The molecule has 0 aliphatic rings. The Labute approximate surface area is 164 Å². The molecular formula is C26H32N+. The highest BCUT2D eigenvalue weighted by molar-refractivity contribution is 5.71. The lowest BCUT2D eigenvalue weighted by Crippen LogP contribution is -2.48. The SMILES string of the molecule is CCCCCC(CC)[N+](c1ccccc1)(c1ccccc1)c1ccccc1. The van der Waals surface area contributed by atoms with Crippen LogP contribution in [0, 0.1) is 0 Å². The number of hydrogen-bond donors (Lipinski definition) is 0. The van der Waals surface area contributed by atoms with E-state index in [0.717, 1.165) is 10.9 Å². The Morgan fingerprint density at radius 3 is 1.33 bits per heavy atom. The Morgan fingerprint density at radius 1 is 0.593 bits per heavy atom. The Morgan fingerprint density at radius 2 is 1.00 bits per heavy atom. The van der Waals surface area contributed by atoms with Gasteiger partial charge < -0.3 is 0 Å². The van der Waals surface area contributed by atoms with Gasteiger partial charge in [-0.05, 0) is 49.2 Å². The maximum Gasteiger partial charge on any atom is 0.143 e. The second kappa shape index (κ2) is 9.53. The summed E-state index contributed by atoms with van der Waals surface area (Å²) in [5.74, 6) is 0. The number of benzene rings is 3. The number of rotatable bonds is 9. The molecule has 0 saturated heterocycles. The summed E-state index contributed by atoms with van der Waals surface area (Å²) in [7, 11) is 0. The largest absolute Gasteiger partial charge is 0.224 e. The molecule has 1 atom stereocenters. The normalized spacial score (nSPS) is 12.7. The van der Waals surface area contributed by atoms with Gasteiger partial charge in [0.2, 0.25) is 0 Å². The zero-order chi connectivity index (χ0) is 19.0. The molecule has 0 saturated carbocycles. The van der Waals surface area contributed by atoms with Crippen molar-refractivity contribution in [1.82, 2.24) is 4.48 Å². The second-order valence-corrected chi connectivity index (χ2v) is 7.29. The van der Waals surface area contributed by atoms with Crippen LogP contribution in [-0.4, -0.2) is 6.04 Å². The third-order valence-electron chi connectivity index (χ3n) is 5.65. The predicted octanol–water partition coefficient (Wildman–Crippen LogP) is 8.02. The Bertz CT molecular complexity index is 684. The molecule has 3 aromatic rings. The van der Waals surface area contributed by atoms with E-state index in [9.17, 15) is 0 Å². The van der Waals surface area contributed by atoms with E-state index >= 15 is 0 Å². The molecular weight excluding hydrogens is 326 g/mol. The minimum Gasteiger partial charge on any atom is -0.224 e. The molecule has 27 heavy (non-hydrogen) atoms. The third-order valence-corrected chi connectivity index (χ3v) is 5.65. The molecule has 0 aliphatic heterocycles. The summed E-state index contributed by atoms with van der Waals surface area (Å²) in [6, 6.07) is 33.7. The van der Waals surface area contributed by atoms with Crippen molar-refractivity contribution < 1.29 is 0 Å². The monoisotopic (exact) mass is 358 g/mol. The minimum atomic E-state index is 0.503. The first-order valence-corrected chi connectivity index (χ1v) is 10.4. The number of para-hydroxylation sites is 3. The molecule has 1 nitrogen and oxygen atoms in total. The van der Waals surface area contributed by atoms with Crippen LogP contribution < -0.4 is 4.48 Å². The van der Waals surface area contributed by atoms with Crippen LogP contribution in [0.5, 0.6) is 0 Å². The fraction of sp³-hybridized carbons (Fsp3) is 0.308. The van der Waals surface area contributed by atoms with Gasteiger partial charge in [-0.1, -0.05) is 81.3 Å². The fourth-order valence-electron chi connectivity index (χ4n) is 4.37. The summed E-state index contributed by atoms with van der Waals surface area (Å²) in [5, 5.41) is 0. The first-order chi connectivity index (χ1) is 13.3. The third kappa shape index (κ3) is 3.99. The van der Waals surface area contributed by atoms with Crippen LogP contribution in [0.1, 0.15) is 46.0 Å². The van der Waals surface area contributed by atoms with Crippen molar-refractivity contribution in [3.8, 4) is 0 Å². The molecule has 3 aromatic carbocycles. The van der Waals surface area contributed by atoms with Crippen LogP contribution in [0.3, 0.4) is 0 Å². The van der Waals surface area contributed by atoms with E-state index in [2.05, 4.69) is 105 Å². The second-order valence-electron chi connectivity index (χ2n) is 7.29. The molecule has 0 heterocycles. The van der Waals surface area contributed by atoms with Crippen LogP contribution in [0.15, 0.2) is 91.0 Å². The first-order valence-electron chi connectivity index (χ1n) is 10.4. The van der Waals surface area contributed by atoms with Gasteiger partial charge in [-0.25, -0.2) is 4.48 Å². The summed E-state index contributed by atoms with van der Waals surface area (Å²) in [5.41, 5.74) is 4.04. The molecule has 140 valence electrons. The van der Waals surface area contributed by atoms with E-state index in [-0.39, 0.29) is 0 Å². The predicted molar refractivity (Wildman–Crippen MR) is 119 cm³/mol. The molecule has 0 radical (unpaired) electrons. The van der Waals surface area contributed by atoms with Gasteiger partial charge >= 0.3 is 0 Å². The molecule has 0 amide bonds. The van der Waals surface area contributed by atoms with Gasteiger partial charge in [0.15, 0.2) is 0 Å². The molecule has 0 aromatic heterocycles. The van der Waals surface area contributed by atoms with Crippen LogP contribution >= 0.6 is 0 Å². The molecule has 0 aliphatic carbocycles. The van der Waals surface area contributed by atoms with E-state index in [1.54, 1.807) is 0 Å². The van der Waals surface area contributed by atoms with Gasteiger partial charge in [-0.3, -0.25) is 0 Å². The first kappa shape index (κ1) is 19.4. The van der Waals surface area contributed by atoms with Gasteiger partial charge in [0, 0.05) is 6.42 Å². The van der Waals surface area contributed by atoms with Crippen LogP contribution in [0.2, 0.25) is 0 Å². The summed E-state index contributed by atoms with van der Waals surface area (Å²) in [4.78, 5) is 0. The summed E-state index contributed by atoms with van der Waals surface area (Å²) in [6.45, 7) is 4.63. The lowest BCUT2D eigenvalue weighted by Gasteiger charge is -2.43. The summed E-state index contributed by atoms with van der Waals surface area (Å²) < 4.78 is 0.794. The van der Waals surface area contributed by atoms with Crippen molar-refractivity contribution in [3.63, 3.8) is 0 Å². The van der Waals surface area contributed by atoms with E-state index in [1.807, 2.05) is 0 Å². The Hall–Kier alpha value is -2.38. The van der Waals surface area contributed by atoms with Crippen LogP contribution in [0.25, 0.3) is 0 Å². The van der Waals surface area contributed by atoms with E-state index in [1.165, 1.54) is 42.7 Å². The highest BCUT2D eigenvalue weighted by atomic mass is 15.4. The number of quaternary nitrogens is 1. The van der Waals surface area contributed by atoms with Gasteiger partial charge in [0.05, 0.1) is 0 Å². The van der Waals surface area contributed by atoms with Gasteiger partial charge in [0.25, 0.3) is 0 Å². The van der Waals surface area contributed by atoms with Crippen molar-refractivity contribution >= 4 is 17.1 Å². The quantitative estimate of drug-likeness (QED) is 0.268. The minimum absolute atomic E-state index is 0.503. The zero-order valence-corrected chi connectivity index (χ0v) is 16.7. The number of hydrogen-bond acceptors (Lipinski definition) is 0. The fourth-order valence-corrected chi connectivity index (χ4v) is 4.37. The number of unbranched alkanes of at least 4 members (excludes halogenated alkanes) is 2. The van der Waals surface area contributed by atoms with Gasteiger partial charge in [0.1, 0.15) is 23.1 Å². The summed E-state index contributed by atoms with van der Waals surface area (Å²) in [6.07, 6.45) is 6.21. The molecule has 1 heteroatoms. The molecule has 3 rings (SSSR count). The van der Waals surface area contributed by atoms with E-state index in [4.69, 9.17) is 0 Å². The lowest BCUT2D eigenvalue weighted by molar-refractivity contribution is 0.339. The molecule has 0 fully saturated rings. The smallest absolute Gasteiger partial charge is 0.143 e. The number of nitrogens with zero attached hydrogens (tertiary/aromatic N) is 1. The van der Waals surface area contributed by atoms with Crippen molar-refractivity contribution in [2.75, 3.05) is 0 Å². The average molecular weight is 359 g/mol. The zero-order valence-electron chi connectivity index (χ0n) is 16.7. The van der Waals surface area contributed by atoms with Crippen molar-refractivity contribution in [2.24, 2.45) is 0 Å². The van der Waals surface area contributed by atoms with Gasteiger partial charge in [-0.15, -0.1) is 0 Å². The Kier molecular flexibility index (Phi) is 6.84. The van der Waals surface area contributed by atoms with Gasteiger partial charge in [-0.2, -0.15) is 0 Å². The molecule has 0 spiro atoms. The average Bonchev–Trinajstić information content (AvgIpc) is 2.75. The lowest BCUT2D eigenvalue weighted by atomic mass is 9.96. The van der Waals surface area contributed by atoms with Crippen molar-refractivity contribution in [2.45, 2.75) is 52.0 Å². The highest BCUT2D eigenvalue weighted by Gasteiger charge is 2.42. The highest BCUT2D eigenvalue weighted by Crippen LogP contribution is 2.47. The maximum absolute atomic E-state index is 2.35. The molecule has 0 bridgehead atoms. The van der Waals surface area contributed by atoms with Crippen LogP contribution in [0.4, 0.5) is 17.1 Å². The van der Waals surface area contributed by atoms with E-state index < -0.39 is 0 Å². The molecule has 1 unspecified atom stereocenters. The van der Waals surface area contributed by atoms with Crippen molar-refractivity contribution in [1.29, 1.82) is 0 Å². The standard InChI is InChI=1S/C26H32N/c1-3-5-9-16-23(4-2)27(24-17-10-6-11-18-24,25-19-12-7-13-20-25)26-21-14-8-15-22-26/h6-8,10-15,17-23H,3-5,9,16H2,1-2H3/q+1. The topological polar surface area (TPSA) is 0 Å². The van der Waals surface area contributed by atoms with Crippen LogP contribution in [-0.2, 0) is 0 Å². The van der Waals surface area contributed by atoms with E-state index in [0.29, 0.717) is 6.04 Å². The van der Waals surface area contributed by atoms with Crippen molar-refractivity contribution in [3.05, 3.63) is 91.0 Å². The summed E-state index contributed by atoms with van der Waals surface area (Å²) >= 11 is 0. The molecule has 0 N–H and O–H groups in total.